The molecule has 2 bridgehead atoms. The first kappa shape index (κ1) is 12.0. The third-order valence-electron chi connectivity index (χ3n) is 3.14. The maximum absolute atomic E-state index is 12.0. The van der Waals surface area contributed by atoms with Gasteiger partial charge in [0.25, 0.3) is 0 Å². The highest BCUT2D eigenvalue weighted by Gasteiger charge is 2.56. The van der Waals surface area contributed by atoms with Gasteiger partial charge >= 0.3 is 12.1 Å². The summed E-state index contributed by atoms with van der Waals surface area (Å²) in [4.78, 5) is 24.7. The second kappa shape index (κ2) is 3.48. The highest BCUT2D eigenvalue weighted by atomic mass is 16.6. The molecule has 2 atom stereocenters. The normalized spacial score (nSPS) is 30.8. The van der Waals surface area contributed by atoms with Crippen LogP contribution in [-0.4, -0.2) is 39.3 Å². The molecule has 17 heavy (non-hydrogen) atoms. The van der Waals surface area contributed by atoms with E-state index in [1.54, 1.807) is 32.9 Å². The number of aliphatic carboxylic acids is 1. The Kier molecular flexibility index (Phi) is 2.45. The number of amides is 1. The minimum atomic E-state index is -1.19. The van der Waals surface area contributed by atoms with Crippen molar-refractivity contribution < 1.29 is 19.4 Å². The SMILES string of the molecule is CC(C)(C)OC(=O)N1C2C=CC1(C(=O)O)CC2. The molecule has 1 fully saturated rings. The zero-order chi connectivity index (χ0) is 12.8. The quantitative estimate of drug-likeness (QED) is 0.708. The summed E-state index contributed by atoms with van der Waals surface area (Å²) >= 11 is 0. The molecule has 2 unspecified atom stereocenters. The Bertz CT molecular complexity index is 396. The molecule has 2 rings (SSSR count). The topological polar surface area (TPSA) is 66.8 Å². The van der Waals surface area contributed by atoms with Crippen molar-refractivity contribution in [1.82, 2.24) is 4.90 Å². The average Bonchev–Trinajstić information content (AvgIpc) is 2.70. The van der Waals surface area contributed by atoms with Gasteiger partial charge in [0.05, 0.1) is 6.04 Å². The second-order valence-corrected chi connectivity index (χ2v) is 5.54. The van der Waals surface area contributed by atoms with Gasteiger partial charge in [-0.25, -0.2) is 9.59 Å². The molecule has 2 aliphatic rings. The maximum Gasteiger partial charge on any atom is 0.412 e. The molecule has 2 heterocycles. The standard InChI is InChI=1S/C12H17NO4/c1-11(2,3)17-10(16)13-8-4-6-12(13,7-5-8)9(14)15/h4,6,8H,5,7H2,1-3H3,(H,14,15). The van der Waals surface area contributed by atoms with Crippen LogP contribution >= 0.6 is 0 Å². The van der Waals surface area contributed by atoms with E-state index in [9.17, 15) is 14.7 Å². The predicted octanol–water partition coefficient (Wildman–Crippen LogP) is 1.78. The Morgan fingerprint density at radius 3 is 2.53 bits per heavy atom. The minimum Gasteiger partial charge on any atom is -0.479 e. The smallest absolute Gasteiger partial charge is 0.412 e. The fourth-order valence-electron chi connectivity index (χ4n) is 2.42. The van der Waals surface area contributed by atoms with E-state index in [1.165, 1.54) is 4.90 Å². The van der Waals surface area contributed by atoms with E-state index in [2.05, 4.69) is 0 Å². The van der Waals surface area contributed by atoms with E-state index in [4.69, 9.17) is 4.74 Å². The molecule has 1 N–H and O–H groups in total. The zero-order valence-corrected chi connectivity index (χ0v) is 10.3. The summed E-state index contributed by atoms with van der Waals surface area (Å²) in [6, 6.07) is -0.138. The zero-order valence-electron chi connectivity index (χ0n) is 10.3. The van der Waals surface area contributed by atoms with Crippen molar-refractivity contribution in [1.29, 1.82) is 0 Å². The van der Waals surface area contributed by atoms with E-state index in [0.717, 1.165) is 0 Å². The lowest BCUT2D eigenvalue weighted by Crippen LogP contribution is -2.52. The molecule has 0 aromatic rings. The lowest BCUT2D eigenvalue weighted by molar-refractivity contribution is -0.146. The number of nitrogens with zero attached hydrogens (tertiary/aromatic N) is 1. The summed E-state index contributed by atoms with van der Waals surface area (Å²) in [6.07, 6.45) is 3.98. The van der Waals surface area contributed by atoms with E-state index in [-0.39, 0.29) is 6.04 Å². The number of hydrogen-bond acceptors (Lipinski definition) is 3. The van der Waals surface area contributed by atoms with Crippen LogP contribution in [0.5, 0.6) is 0 Å². The van der Waals surface area contributed by atoms with Gasteiger partial charge in [-0.1, -0.05) is 6.08 Å². The number of carbonyl (C=O) groups is 2. The molecule has 94 valence electrons. The fourth-order valence-corrected chi connectivity index (χ4v) is 2.42. The summed E-state index contributed by atoms with van der Waals surface area (Å²) in [7, 11) is 0. The van der Waals surface area contributed by atoms with Crippen LogP contribution in [0.1, 0.15) is 33.6 Å². The van der Waals surface area contributed by atoms with Gasteiger partial charge in [0.15, 0.2) is 5.54 Å². The molecule has 2 aliphatic heterocycles. The Labute approximate surface area is 100 Å². The molecule has 0 saturated carbocycles. The summed E-state index contributed by atoms with van der Waals surface area (Å²) in [5.41, 5.74) is -1.80. The van der Waals surface area contributed by atoms with Crippen LogP contribution in [-0.2, 0) is 9.53 Å². The van der Waals surface area contributed by atoms with E-state index in [1.807, 2.05) is 0 Å². The Hall–Kier alpha value is -1.52. The van der Waals surface area contributed by atoms with Crippen LogP contribution in [0.15, 0.2) is 12.2 Å². The third-order valence-corrected chi connectivity index (χ3v) is 3.14. The number of ether oxygens (including phenoxy) is 1. The Balaban J connectivity index is 2.23. The molecule has 0 spiro atoms. The summed E-state index contributed by atoms with van der Waals surface area (Å²) in [5.74, 6) is -0.986. The van der Waals surface area contributed by atoms with Gasteiger partial charge in [0.2, 0.25) is 0 Å². The molecule has 0 aliphatic carbocycles. The van der Waals surface area contributed by atoms with Crippen LogP contribution in [0.3, 0.4) is 0 Å². The van der Waals surface area contributed by atoms with Gasteiger partial charge in [-0.2, -0.15) is 0 Å². The number of fused-ring (bicyclic) bond motifs is 2. The molecule has 0 radical (unpaired) electrons. The molecule has 1 saturated heterocycles. The highest BCUT2D eigenvalue weighted by molar-refractivity contribution is 5.89. The number of carboxylic acid groups (broad SMARTS) is 1. The number of carboxylic acids is 1. The Morgan fingerprint density at radius 1 is 1.47 bits per heavy atom. The predicted molar refractivity (Wildman–Crippen MR) is 60.6 cm³/mol. The average molecular weight is 239 g/mol. The molecule has 1 amide bonds. The molecular formula is C12H17NO4. The minimum absolute atomic E-state index is 0.138. The van der Waals surface area contributed by atoms with Crippen LogP contribution in [0.2, 0.25) is 0 Å². The van der Waals surface area contributed by atoms with Crippen molar-refractivity contribution in [2.45, 2.75) is 50.8 Å². The molecule has 0 aromatic carbocycles. The van der Waals surface area contributed by atoms with Crippen LogP contribution < -0.4 is 0 Å². The fraction of sp³-hybridized carbons (Fsp3) is 0.667. The van der Waals surface area contributed by atoms with Crippen LogP contribution in [0.25, 0.3) is 0 Å². The molecule has 5 heteroatoms. The maximum atomic E-state index is 12.0. The highest BCUT2D eigenvalue weighted by Crippen LogP contribution is 2.42. The van der Waals surface area contributed by atoms with Crippen molar-refractivity contribution >= 4 is 12.1 Å². The van der Waals surface area contributed by atoms with Gasteiger partial charge in [-0.05, 0) is 39.7 Å². The van der Waals surface area contributed by atoms with E-state index < -0.39 is 23.2 Å². The first-order valence-electron chi connectivity index (χ1n) is 5.71. The number of hydrogen-bond donors (Lipinski definition) is 1. The summed E-state index contributed by atoms with van der Waals surface area (Å²) < 4.78 is 5.26. The van der Waals surface area contributed by atoms with Crippen molar-refractivity contribution in [2.75, 3.05) is 0 Å². The second-order valence-electron chi connectivity index (χ2n) is 5.54. The van der Waals surface area contributed by atoms with Crippen LogP contribution in [0.4, 0.5) is 4.79 Å². The van der Waals surface area contributed by atoms with Gasteiger partial charge in [-0.3, -0.25) is 4.90 Å². The van der Waals surface area contributed by atoms with Gasteiger partial charge in [0.1, 0.15) is 5.60 Å². The van der Waals surface area contributed by atoms with E-state index in [0.29, 0.717) is 12.8 Å². The number of carbonyl (C=O) groups excluding carboxylic acids is 1. The van der Waals surface area contributed by atoms with Crippen molar-refractivity contribution in [2.24, 2.45) is 0 Å². The van der Waals surface area contributed by atoms with Gasteiger partial charge in [0, 0.05) is 0 Å². The lowest BCUT2D eigenvalue weighted by atomic mass is 9.94. The van der Waals surface area contributed by atoms with E-state index >= 15 is 0 Å². The van der Waals surface area contributed by atoms with Gasteiger partial charge in [-0.15, -0.1) is 0 Å². The van der Waals surface area contributed by atoms with Crippen molar-refractivity contribution in [3.8, 4) is 0 Å². The van der Waals surface area contributed by atoms with Crippen molar-refractivity contribution in [3.63, 3.8) is 0 Å². The molecular weight excluding hydrogens is 222 g/mol. The monoisotopic (exact) mass is 239 g/mol. The first-order valence-corrected chi connectivity index (χ1v) is 5.71. The number of rotatable bonds is 1. The summed E-state index contributed by atoms with van der Waals surface area (Å²) in [5, 5.41) is 9.31. The molecule has 0 aromatic heterocycles. The van der Waals surface area contributed by atoms with Crippen molar-refractivity contribution in [3.05, 3.63) is 12.2 Å². The Morgan fingerprint density at radius 2 is 2.12 bits per heavy atom. The summed E-state index contributed by atoms with van der Waals surface area (Å²) in [6.45, 7) is 5.30. The largest absolute Gasteiger partial charge is 0.479 e. The van der Waals surface area contributed by atoms with Gasteiger partial charge < -0.3 is 9.84 Å². The first-order chi connectivity index (χ1) is 7.76. The third kappa shape index (κ3) is 1.79. The lowest BCUT2D eigenvalue weighted by Gasteiger charge is -2.32. The van der Waals surface area contributed by atoms with Crippen LogP contribution in [0, 0.1) is 0 Å². The molecule has 5 nitrogen and oxygen atoms in total.